The molecule has 3 rings (SSSR count). The Morgan fingerprint density at radius 2 is 1.88 bits per heavy atom. The van der Waals surface area contributed by atoms with E-state index >= 15 is 0 Å². The molecule has 0 N–H and O–H groups in total. The van der Waals surface area contributed by atoms with Gasteiger partial charge >= 0.3 is 5.97 Å². The van der Waals surface area contributed by atoms with Crippen LogP contribution in [0.5, 0.6) is 0 Å². The molecule has 0 aliphatic heterocycles. The predicted molar refractivity (Wildman–Crippen MR) is 128 cm³/mol. The van der Waals surface area contributed by atoms with Crippen LogP contribution in [0.3, 0.4) is 0 Å². The molecule has 0 bridgehead atoms. The summed E-state index contributed by atoms with van der Waals surface area (Å²) < 4.78 is 31.4. The molecule has 0 spiro atoms. The lowest BCUT2D eigenvalue weighted by Crippen LogP contribution is -2.27. The molecule has 2 heterocycles. The number of aromatic nitrogens is 2. The fourth-order valence-electron chi connectivity index (χ4n) is 3.51. The van der Waals surface area contributed by atoms with Crippen molar-refractivity contribution in [3.05, 3.63) is 51.6 Å². The number of carbonyl (C=O) groups excluding carboxylic acids is 2. The Hall–Kier alpha value is -2.62. The lowest BCUT2D eigenvalue weighted by molar-refractivity contribution is -0.139. The summed E-state index contributed by atoms with van der Waals surface area (Å²) in [6.45, 7) is 5.27. The molecular weight excluding hydrogens is 489 g/mol. The summed E-state index contributed by atoms with van der Waals surface area (Å²) >= 11 is 12.6. The number of nitrogens with zero attached hydrogens (tertiary/aromatic N) is 3. The van der Waals surface area contributed by atoms with Crippen molar-refractivity contribution >= 4 is 62.3 Å². The maximum atomic E-state index is 12.4. The zero-order valence-corrected chi connectivity index (χ0v) is 20.8. The summed E-state index contributed by atoms with van der Waals surface area (Å²) in [7, 11) is -2.07. The van der Waals surface area contributed by atoms with Gasteiger partial charge in [0.15, 0.2) is 15.6 Å². The molecule has 33 heavy (non-hydrogen) atoms. The molecule has 11 heteroatoms. The molecule has 0 unspecified atom stereocenters. The maximum Gasteiger partial charge on any atom is 0.321 e. The second-order valence-electron chi connectivity index (χ2n) is 7.45. The van der Waals surface area contributed by atoms with E-state index in [0.717, 1.165) is 0 Å². The van der Waals surface area contributed by atoms with Crippen LogP contribution in [-0.2, 0) is 31.2 Å². The topological polar surface area (TPSA) is 98.6 Å². The predicted octanol–water partition coefficient (Wildman–Crippen LogP) is 4.25. The smallest absolute Gasteiger partial charge is 0.321 e. The van der Waals surface area contributed by atoms with E-state index in [0.29, 0.717) is 44.6 Å². The van der Waals surface area contributed by atoms with Gasteiger partial charge in [0.05, 0.1) is 33.3 Å². The molecule has 2 aromatic heterocycles. The van der Waals surface area contributed by atoms with Gasteiger partial charge in [-0.15, -0.1) is 0 Å². The Kier molecular flexibility index (Phi) is 7.36. The average molecular weight is 512 g/mol. The van der Waals surface area contributed by atoms with E-state index in [1.54, 1.807) is 50.6 Å². The van der Waals surface area contributed by atoms with Gasteiger partial charge in [0.1, 0.15) is 11.5 Å². The molecular formula is C22H23Cl2N3O5S. The highest BCUT2D eigenvalue weighted by Crippen LogP contribution is 2.37. The number of rotatable bonds is 8. The van der Waals surface area contributed by atoms with Crippen molar-refractivity contribution in [1.29, 1.82) is 0 Å². The molecule has 0 aliphatic carbocycles. The highest BCUT2D eigenvalue weighted by molar-refractivity contribution is 7.92. The van der Waals surface area contributed by atoms with Crippen LogP contribution >= 0.6 is 23.2 Å². The zero-order valence-electron chi connectivity index (χ0n) is 18.5. The number of carbonyl (C=O) groups is 2. The second-order valence-corrected chi connectivity index (χ2v) is 10.2. The molecule has 1 aromatic carbocycles. The van der Waals surface area contributed by atoms with E-state index < -0.39 is 27.6 Å². The minimum Gasteiger partial charge on any atom is -0.465 e. The average Bonchev–Trinajstić information content (AvgIpc) is 3.09. The second kappa shape index (κ2) is 9.70. The van der Waals surface area contributed by atoms with Crippen molar-refractivity contribution < 1.29 is 22.7 Å². The normalized spacial score (nSPS) is 12.5. The summed E-state index contributed by atoms with van der Waals surface area (Å²) in [5, 5.41) is 1.33. The Morgan fingerprint density at radius 3 is 2.45 bits per heavy atom. The number of hydrogen-bond donors (Lipinski definition) is 0. The maximum absolute atomic E-state index is 12.4. The Bertz CT molecular complexity index is 1320. The number of anilines is 1. The summed E-state index contributed by atoms with van der Waals surface area (Å²) in [4.78, 5) is 29.6. The quantitative estimate of drug-likeness (QED) is 0.331. The first-order valence-corrected chi connectivity index (χ1v) is 12.5. The number of ether oxygens (including phenoxy) is 1. The van der Waals surface area contributed by atoms with Gasteiger partial charge in [-0.3, -0.25) is 14.5 Å². The molecule has 1 atom stereocenters. The van der Waals surface area contributed by atoms with Gasteiger partial charge in [0.25, 0.3) is 0 Å². The van der Waals surface area contributed by atoms with Gasteiger partial charge in [0.2, 0.25) is 6.41 Å². The number of aryl methyl sites for hydroxylation is 2. The Balaban J connectivity index is 1.93. The minimum atomic E-state index is -3.84. The molecule has 0 aliphatic rings. The first-order valence-electron chi connectivity index (χ1n) is 10.0. The van der Waals surface area contributed by atoms with Gasteiger partial charge in [-0.1, -0.05) is 35.3 Å². The van der Waals surface area contributed by atoms with Gasteiger partial charge in [-0.2, -0.15) is 0 Å². The molecule has 3 aromatic rings. The summed E-state index contributed by atoms with van der Waals surface area (Å²) in [5.41, 5.74) is 1.85. The molecule has 0 saturated carbocycles. The van der Waals surface area contributed by atoms with Crippen LogP contribution in [0.1, 0.15) is 31.1 Å². The highest BCUT2D eigenvalue weighted by Gasteiger charge is 2.24. The van der Waals surface area contributed by atoms with Crippen molar-refractivity contribution in [3.8, 4) is 0 Å². The fourth-order valence-corrected chi connectivity index (χ4v) is 5.04. The molecule has 0 radical (unpaired) electrons. The number of fused-ring (bicyclic) bond motifs is 1. The van der Waals surface area contributed by atoms with Crippen molar-refractivity contribution in [2.24, 2.45) is 7.05 Å². The van der Waals surface area contributed by atoms with Crippen LogP contribution in [0.2, 0.25) is 10.0 Å². The van der Waals surface area contributed by atoms with Crippen molar-refractivity contribution in [1.82, 2.24) is 9.55 Å². The number of amides is 1. The third-order valence-electron chi connectivity index (χ3n) is 5.33. The number of hydrogen-bond acceptors (Lipinski definition) is 6. The minimum absolute atomic E-state index is 0.00476. The summed E-state index contributed by atoms with van der Waals surface area (Å²) in [6.07, 6.45) is 0.687. The molecule has 0 saturated heterocycles. The van der Waals surface area contributed by atoms with Crippen LogP contribution in [0, 0.1) is 6.92 Å². The largest absolute Gasteiger partial charge is 0.465 e. The third-order valence-corrected chi connectivity index (χ3v) is 7.88. The number of pyridine rings is 1. The molecule has 176 valence electrons. The van der Waals surface area contributed by atoms with Crippen LogP contribution in [-0.4, -0.2) is 42.7 Å². The zero-order chi connectivity index (χ0) is 24.5. The van der Waals surface area contributed by atoms with Crippen molar-refractivity contribution in [3.63, 3.8) is 0 Å². The van der Waals surface area contributed by atoms with E-state index in [1.807, 2.05) is 0 Å². The fraction of sp³-hybridized carbons (Fsp3) is 0.318. The SMILES string of the molecule is CCOC(=O)CS(=O)(=O)c1ccc([C@@H](C)N(C=O)c2cc3c(Cl)c(Cl)c(C)nc3n2C)cc1. The standard InChI is InChI=1S/C22H23Cl2N3O5S/c1-5-32-19(29)11-33(30,31)16-8-6-15(7-9-16)14(3)27(12-28)18-10-17-21(24)20(23)13(2)25-22(17)26(18)4/h6-10,12,14H,5,11H2,1-4H3/t14-/m1/s1. The van der Waals surface area contributed by atoms with Gasteiger partial charge < -0.3 is 9.30 Å². The van der Waals surface area contributed by atoms with Crippen LogP contribution in [0.25, 0.3) is 11.0 Å². The highest BCUT2D eigenvalue weighted by atomic mass is 35.5. The van der Waals surface area contributed by atoms with Gasteiger partial charge in [0, 0.05) is 12.4 Å². The lowest BCUT2D eigenvalue weighted by atomic mass is 10.1. The molecule has 8 nitrogen and oxygen atoms in total. The van der Waals surface area contributed by atoms with Crippen molar-refractivity contribution in [2.45, 2.75) is 31.7 Å². The van der Waals surface area contributed by atoms with Gasteiger partial charge in [-0.05, 0) is 44.5 Å². The monoisotopic (exact) mass is 511 g/mol. The van der Waals surface area contributed by atoms with E-state index in [9.17, 15) is 18.0 Å². The van der Waals surface area contributed by atoms with Gasteiger partial charge in [-0.25, -0.2) is 13.4 Å². The van der Waals surface area contributed by atoms with E-state index in [-0.39, 0.29) is 11.5 Å². The summed E-state index contributed by atoms with van der Waals surface area (Å²) in [5.74, 6) is -0.995. The first-order chi connectivity index (χ1) is 15.5. The number of sulfone groups is 1. The number of esters is 1. The van der Waals surface area contributed by atoms with E-state index in [4.69, 9.17) is 27.9 Å². The van der Waals surface area contributed by atoms with Crippen LogP contribution in [0.15, 0.2) is 35.2 Å². The Labute approximate surface area is 202 Å². The number of benzene rings is 1. The van der Waals surface area contributed by atoms with E-state index in [2.05, 4.69) is 4.98 Å². The molecule has 0 fully saturated rings. The van der Waals surface area contributed by atoms with Crippen LogP contribution in [0.4, 0.5) is 5.82 Å². The summed E-state index contributed by atoms with van der Waals surface area (Å²) in [6, 6.07) is 7.32. The Morgan fingerprint density at radius 1 is 1.24 bits per heavy atom. The molecule has 1 amide bonds. The van der Waals surface area contributed by atoms with Crippen molar-refractivity contribution in [2.75, 3.05) is 17.3 Å². The first kappa shape index (κ1) is 25.0. The van der Waals surface area contributed by atoms with E-state index in [1.165, 1.54) is 17.0 Å². The number of halogens is 2. The lowest BCUT2D eigenvalue weighted by Gasteiger charge is -2.26. The third kappa shape index (κ3) is 4.85. The van der Waals surface area contributed by atoms with Crippen LogP contribution < -0.4 is 4.90 Å².